The summed E-state index contributed by atoms with van der Waals surface area (Å²) in [6.45, 7) is 0.401. The van der Waals surface area contributed by atoms with Gasteiger partial charge < -0.3 is 0 Å². The zero-order valence-corrected chi connectivity index (χ0v) is 8.27. The third-order valence-electron chi connectivity index (χ3n) is 2.63. The molecule has 0 N–H and O–H groups in total. The first-order valence-corrected chi connectivity index (χ1v) is 3.88. The molecule has 0 saturated heterocycles. The Morgan fingerprint density at radius 2 is 0.643 bits per heavy atom. The molecule has 86 valence electrons. The van der Waals surface area contributed by atoms with E-state index in [0.29, 0.717) is 0 Å². The normalized spacial score (nSPS) is 15.9. The SMILES string of the molecule is CC(F)(F)C(C)(C(C)(F)F)C(C)(F)F. The summed E-state index contributed by atoms with van der Waals surface area (Å²) in [6, 6.07) is 0. The van der Waals surface area contributed by atoms with Crippen molar-refractivity contribution in [3.8, 4) is 0 Å². The van der Waals surface area contributed by atoms with E-state index in [1.807, 2.05) is 0 Å². The lowest BCUT2D eigenvalue weighted by Crippen LogP contribution is -2.59. The summed E-state index contributed by atoms with van der Waals surface area (Å²) in [5, 5.41) is 0. The molecule has 0 nitrogen and oxygen atoms in total. The molecule has 0 rings (SSSR count). The molecule has 0 bridgehead atoms. The van der Waals surface area contributed by atoms with Crippen LogP contribution in [0.5, 0.6) is 0 Å². The summed E-state index contributed by atoms with van der Waals surface area (Å²) in [5.74, 6) is -12.5. The Morgan fingerprint density at radius 1 is 0.500 bits per heavy atom. The summed E-state index contributed by atoms with van der Waals surface area (Å²) in [7, 11) is 0. The highest BCUT2D eigenvalue weighted by molar-refractivity contribution is 5.02. The molecule has 0 aliphatic heterocycles. The minimum Gasteiger partial charge on any atom is -0.206 e. The van der Waals surface area contributed by atoms with Crippen molar-refractivity contribution in [2.75, 3.05) is 0 Å². The number of hydrogen-bond acceptors (Lipinski definition) is 0. The maximum absolute atomic E-state index is 12.8. The van der Waals surface area contributed by atoms with Crippen LogP contribution >= 0.6 is 0 Å². The van der Waals surface area contributed by atoms with E-state index in [1.54, 1.807) is 0 Å². The maximum Gasteiger partial charge on any atom is 0.262 e. The molecule has 0 saturated carbocycles. The average molecular weight is 222 g/mol. The quantitative estimate of drug-likeness (QED) is 0.634. The lowest BCUT2D eigenvalue weighted by atomic mass is 9.73. The van der Waals surface area contributed by atoms with Crippen LogP contribution in [0.25, 0.3) is 0 Å². The van der Waals surface area contributed by atoms with Crippen LogP contribution in [-0.4, -0.2) is 17.8 Å². The first kappa shape index (κ1) is 13.6. The van der Waals surface area contributed by atoms with Gasteiger partial charge in [0.1, 0.15) is 0 Å². The third kappa shape index (κ3) is 1.83. The number of rotatable bonds is 3. The molecular weight excluding hydrogens is 210 g/mol. The van der Waals surface area contributed by atoms with Crippen molar-refractivity contribution in [1.82, 2.24) is 0 Å². The lowest BCUT2D eigenvalue weighted by molar-refractivity contribution is -0.301. The van der Waals surface area contributed by atoms with Crippen molar-refractivity contribution in [3.05, 3.63) is 0 Å². The van der Waals surface area contributed by atoms with Crippen molar-refractivity contribution in [1.29, 1.82) is 0 Å². The second-order valence-electron chi connectivity index (χ2n) is 3.79. The second-order valence-corrected chi connectivity index (χ2v) is 3.79. The molecule has 0 radical (unpaired) electrons. The molecule has 0 aromatic rings. The zero-order valence-electron chi connectivity index (χ0n) is 8.27. The van der Waals surface area contributed by atoms with Gasteiger partial charge in [0.25, 0.3) is 17.8 Å². The molecule has 0 fully saturated rings. The minimum absolute atomic E-state index is 0.0713. The van der Waals surface area contributed by atoms with Gasteiger partial charge in [-0.1, -0.05) is 0 Å². The van der Waals surface area contributed by atoms with E-state index >= 15 is 0 Å². The molecule has 0 aliphatic rings. The Bertz CT molecular complexity index is 167. The fourth-order valence-electron chi connectivity index (χ4n) is 1.16. The standard InChI is InChI=1S/C8H12F6/c1-5(6(2,9)10,7(3,11)12)8(4,13)14/h1-4H3. The largest absolute Gasteiger partial charge is 0.262 e. The topological polar surface area (TPSA) is 0 Å². The third-order valence-corrected chi connectivity index (χ3v) is 2.63. The Balaban J connectivity index is 5.54. The fraction of sp³-hybridized carbons (Fsp3) is 1.00. The highest BCUT2D eigenvalue weighted by atomic mass is 19.3. The monoisotopic (exact) mass is 222 g/mol. The Morgan fingerprint density at radius 3 is 0.643 bits per heavy atom. The summed E-state index contributed by atoms with van der Waals surface area (Å²) < 4.78 is 76.8. The lowest BCUT2D eigenvalue weighted by Gasteiger charge is -2.43. The summed E-state index contributed by atoms with van der Waals surface area (Å²) >= 11 is 0. The van der Waals surface area contributed by atoms with Crippen LogP contribution in [0.4, 0.5) is 26.3 Å². The average Bonchev–Trinajstić information content (AvgIpc) is 1.77. The van der Waals surface area contributed by atoms with E-state index in [2.05, 4.69) is 0 Å². The van der Waals surface area contributed by atoms with Gasteiger partial charge in [-0.2, -0.15) is 0 Å². The summed E-state index contributed by atoms with van der Waals surface area (Å²) in [5.41, 5.74) is -3.69. The van der Waals surface area contributed by atoms with Gasteiger partial charge in [-0.25, -0.2) is 26.3 Å². The number of alkyl halides is 6. The second kappa shape index (κ2) is 3.03. The van der Waals surface area contributed by atoms with Crippen molar-refractivity contribution >= 4 is 0 Å². The van der Waals surface area contributed by atoms with Crippen molar-refractivity contribution in [3.63, 3.8) is 0 Å². The predicted octanol–water partition coefficient (Wildman–Crippen LogP) is 3.96. The molecule has 0 atom stereocenters. The zero-order chi connectivity index (χ0) is 12.0. The molecule has 0 amide bonds. The van der Waals surface area contributed by atoms with E-state index in [1.165, 1.54) is 0 Å². The predicted molar refractivity (Wildman–Crippen MR) is 40.0 cm³/mol. The van der Waals surface area contributed by atoms with Gasteiger partial charge in [-0.05, 0) is 6.92 Å². The van der Waals surface area contributed by atoms with Gasteiger partial charge in [0.2, 0.25) is 0 Å². The van der Waals surface area contributed by atoms with Crippen LogP contribution < -0.4 is 0 Å². The first-order valence-electron chi connectivity index (χ1n) is 3.88. The number of halogens is 6. The highest BCUT2D eigenvalue weighted by Gasteiger charge is 2.71. The minimum atomic E-state index is -4.18. The Hall–Kier alpha value is -0.420. The molecule has 0 unspecified atom stereocenters. The van der Waals surface area contributed by atoms with Crippen LogP contribution in [-0.2, 0) is 0 Å². The van der Waals surface area contributed by atoms with Crippen molar-refractivity contribution in [2.24, 2.45) is 5.41 Å². The van der Waals surface area contributed by atoms with Crippen LogP contribution in [0.15, 0.2) is 0 Å². The van der Waals surface area contributed by atoms with Crippen LogP contribution in [0.1, 0.15) is 27.7 Å². The first-order chi connectivity index (χ1) is 5.75. The van der Waals surface area contributed by atoms with Gasteiger partial charge in [-0.3, -0.25) is 0 Å². The molecular formula is C8H12F6. The molecule has 6 heteroatoms. The van der Waals surface area contributed by atoms with Gasteiger partial charge in [0, 0.05) is 20.8 Å². The van der Waals surface area contributed by atoms with Gasteiger partial charge >= 0.3 is 0 Å². The smallest absolute Gasteiger partial charge is 0.206 e. The fourth-order valence-corrected chi connectivity index (χ4v) is 1.16. The Kier molecular flexibility index (Phi) is 2.94. The van der Waals surface area contributed by atoms with Crippen LogP contribution in [0.2, 0.25) is 0 Å². The highest BCUT2D eigenvalue weighted by Crippen LogP contribution is 2.56. The maximum atomic E-state index is 12.8. The summed E-state index contributed by atoms with van der Waals surface area (Å²) in [4.78, 5) is 0. The van der Waals surface area contributed by atoms with E-state index in [4.69, 9.17) is 0 Å². The Labute approximate surface area is 78.3 Å². The summed E-state index contributed by atoms with van der Waals surface area (Å²) in [6.07, 6.45) is 0. The number of hydrogen-bond donors (Lipinski definition) is 0. The van der Waals surface area contributed by atoms with Gasteiger partial charge in [0.05, 0.1) is 0 Å². The molecule has 0 aromatic heterocycles. The molecule has 0 heterocycles. The van der Waals surface area contributed by atoms with Crippen molar-refractivity contribution < 1.29 is 26.3 Å². The van der Waals surface area contributed by atoms with E-state index in [0.717, 1.165) is 0 Å². The van der Waals surface area contributed by atoms with Gasteiger partial charge in [-0.15, -0.1) is 0 Å². The van der Waals surface area contributed by atoms with E-state index in [-0.39, 0.29) is 27.7 Å². The molecule has 0 aliphatic carbocycles. The van der Waals surface area contributed by atoms with E-state index in [9.17, 15) is 26.3 Å². The van der Waals surface area contributed by atoms with Crippen LogP contribution in [0, 0.1) is 5.41 Å². The molecule has 0 spiro atoms. The molecule has 14 heavy (non-hydrogen) atoms. The van der Waals surface area contributed by atoms with Gasteiger partial charge in [0.15, 0.2) is 5.41 Å². The molecule has 0 aromatic carbocycles. The van der Waals surface area contributed by atoms with Crippen molar-refractivity contribution in [2.45, 2.75) is 45.5 Å². The van der Waals surface area contributed by atoms with Crippen LogP contribution in [0.3, 0.4) is 0 Å². The van der Waals surface area contributed by atoms with E-state index < -0.39 is 23.2 Å².